The first-order valence-corrected chi connectivity index (χ1v) is 6.83. The van der Waals surface area contributed by atoms with Crippen LogP contribution < -0.4 is 10.5 Å². The molecule has 0 unspecified atom stereocenters. The average molecular weight is 300 g/mol. The highest BCUT2D eigenvalue weighted by Crippen LogP contribution is 2.38. The summed E-state index contributed by atoms with van der Waals surface area (Å²) >= 11 is 0. The largest absolute Gasteiger partial charge is 0.373 e. The summed E-state index contributed by atoms with van der Waals surface area (Å²) in [6, 6.07) is 2.68. The molecule has 0 saturated heterocycles. The van der Waals surface area contributed by atoms with Crippen molar-refractivity contribution in [3.63, 3.8) is 0 Å². The first kappa shape index (κ1) is 12.9. The predicted molar refractivity (Wildman–Crippen MR) is 78.4 cm³/mol. The van der Waals surface area contributed by atoms with Crippen LogP contribution in [0.2, 0.25) is 0 Å². The van der Waals surface area contributed by atoms with E-state index >= 15 is 0 Å². The summed E-state index contributed by atoms with van der Waals surface area (Å²) in [6.07, 6.45) is 1.48. The molecule has 3 heterocycles. The highest BCUT2D eigenvalue weighted by Gasteiger charge is 2.31. The minimum Gasteiger partial charge on any atom is -0.373 e. The molecular formula is C14H13FN6O. The van der Waals surface area contributed by atoms with Gasteiger partial charge in [-0.25, -0.2) is 14.5 Å². The van der Waals surface area contributed by atoms with Gasteiger partial charge in [0.25, 0.3) is 5.56 Å². The van der Waals surface area contributed by atoms with E-state index < -0.39 is 11.4 Å². The maximum atomic E-state index is 13.8. The Balaban J connectivity index is 2.09. The number of anilines is 1. The number of H-pyrrole nitrogens is 1. The van der Waals surface area contributed by atoms with Crippen molar-refractivity contribution in [2.45, 2.75) is 5.92 Å². The van der Waals surface area contributed by atoms with Gasteiger partial charge in [-0.1, -0.05) is 0 Å². The lowest BCUT2D eigenvalue weighted by Gasteiger charge is -2.31. The molecule has 0 bridgehead atoms. The summed E-state index contributed by atoms with van der Waals surface area (Å²) in [5, 5.41) is 11.7. The van der Waals surface area contributed by atoms with Gasteiger partial charge in [-0.05, 0) is 12.1 Å². The van der Waals surface area contributed by atoms with Gasteiger partial charge in [0.1, 0.15) is 18.0 Å². The number of hydrogen-bond donors (Lipinski definition) is 1. The van der Waals surface area contributed by atoms with Crippen LogP contribution in [-0.4, -0.2) is 38.6 Å². The molecule has 0 saturated carbocycles. The topological polar surface area (TPSA) is 79.7 Å². The van der Waals surface area contributed by atoms with Crippen LogP contribution in [0.3, 0.4) is 0 Å². The van der Waals surface area contributed by atoms with Crippen molar-refractivity contribution >= 4 is 16.5 Å². The first-order valence-electron chi connectivity index (χ1n) is 6.83. The number of likely N-dealkylation sites (N-methyl/N-ethyl adjacent to an activating group) is 1. The molecule has 8 heteroatoms. The third kappa shape index (κ3) is 1.66. The number of rotatable bonds is 1. The van der Waals surface area contributed by atoms with Gasteiger partial charge < -0.3 is 4.90 Å². The van der Waals surface area contributed by atoms with Crippen LogP contribution in [0.15, 0.2) is 23.3 Å². The predicted octanol–water partition coefficient (Wildman–Crippen LogP) is 0.772. The van der Waals surface area contributed by atoms with Crippen molar-refractivity contribution in [3.05, 3.63) is 46.1 Å². The van der Waals surface area contributed by atoms with Crippen molar-refractivity contribution < 1.29 is 4.39 Å². The Labute approximate surface area is 124 Å². The average Bonchev–Trinajstić information content (AvgIpc) is 2.91. The zero-order valence-corrected chi connectivity index (χ0v) is 12.0. The van der Waals surface area contributed by atoms with Crippen LogP contribution in [0, 0.1) is 5.82 Å². The Morgan fingerprint density at radius 2 is 2.18 bits per heavy atom. The fourth-order valence-electron chi connectivity index (χ4n) is 3.10. The SMILES string of the molecule is CN1C[C@@H](c2ncnn2C)c2n[nH]c(=O)c3cc(F)cc1c23. The Hall–Kier alpha value is -2.77. The molecule has 1 N–H and O–H groups in total. The summed E-state index contributed by atoms with van der Waals surface area (Å²) in [7, 11) is 3.67. The fourth-order valence-corrected chi connectivity index (χ4v) is 3.10. The molecule has 1 atom stereocenters. The lowest BCUT2D eigenvalue weighted by atomic mass is 9.93. The number of halogens is 1. The summed E-state index contributed by atoms with van der Waals surface area (Å²) in [5.74, 6) is 0.173. The van der Waals surface area contributed by atoms with E-state index in [9.17, 15) is 9.18 Å². The Morgan fingerprint density at radius 3 is 2.91 bits per heavy atom. The van der Waals surface area contributed by atoms with E-state index in [0.29, 0.717) is 28.7 Å². The molecule has 112 valence electrons. The molecule has 2 aromatic heterocycles. The summed E-state index contributed by atoms with van der Waals surface area (Å²) in [4.78, 5) is 18.2. The second kappa shape index (κ2) is 4.36. The van der Waals surface area contributed by atoms with Crippen molar-refractivity contribution in [2.24, 2.45) is 7.05 Å². The van der Waals surface area contributed by atoms with Crippen LogP contribution in [-0.2, 0) is 7.05 Å². The molecule has 1 aromatic carbocycles. The molecule has 7 nitrogen and oxygen atoms in total. The van der Waals surface area contributed by atoms with Gasteiger partial charge in [0.15, 0.2) is 0 Å². The monoisotopic (exact) mass is 300 g/mol. The molecule has 22 heavy (non-hydrogen) atoms. The number of nitrogens with zero attached hydrogens (tertiary/aromatic N) is 5. The van der Waals surface area contributed by atoms with Crippen LogP contribution in [0.5, 0.6) is 0 Å². The van der Waals surface area contributed by atoms with Crippen LogP contribution in [0.25, 0.3) is 10.8 Å². The molecule has 1 aliphatic heterocycles. The number of hydrogen-bond acceptors (Lipinski definition) is 5. The van der Waals surface area contributed by atoms with Crippen LogP contribution >= 0.6 is 0 Å². The summed E-state index contributed by atoms with van der Waals surface area (Å²) < 4.78 is 15.5. The van der Waals surface area contributed by atoms with Gasteiger partial charge in [0.05, 0.1) is 17.0 Å². The lowest BCUT2D eigenvalue weighted by molar-refractivity contribution is 0.610. The van der Waals surface area contributed by atoms with E-state index in [-0.39, 0.29) is 5.92 Å². The molecule has 0 radical (unpaired) electrons. The second-order valence-electron chi connectivity index (χ2n) is 5.46. The number of aromatic nitrogens is 5. The van der Waals surface area contributed by atoms with E-state index in [4.69, 9.17) is 0 Å². The zero-order valence-electron chi connectivity index (χ0n) is 12.0. The van der Waals surface area contributed by atoms with Gasteiger partial charge in [-0.3, -0.25) is 9.48 Å². The number of nitrogens with one attached hydrogen (secondary N) is 1. The summed E-state index contributed by atoms with van der Waals surface area (Å²) in [5.41, 5.74) is 0.965. The van der Waals surface area contributed by atoms with E-state index in [1.807, 2.05) is 19.0 Å². The normalized spacial score (nSPS) is 17.2. The number of aryl methyl sites for hydroxylation is 1. The summed E-state index contributed by atoms with van der Waals surface area (Å²) in [6.45, 7) is 0.580. The lowest BCUT2D eigenvalue weighted by Crippen LogP contribution is -2.33. The van der Waals surface area contributed by atoms with Crippen molar-refractivity contribution in [1.29, 1.82) is 0 Å². The highest BCUT2D eigenvalue weighted by atomic mass is 19.1. The van der Waals surface area contributed by atoms with Gasteiger partial charge >= 0.3 is 0 Å². The van der Waals surface area contributed by atoms with Crippen molar-refractivity contribution in [3.8, 4) is 0 Å². The molecule has 0 aliphatic carbocycles. The Morgan fingerprint density at radius 1 is 1.36 bits per heavy atom. The second-order valence-corrected chi connectivity index (χ2v) is 5.46. The minimum absolute atomic E-state index is 0.144. The molecule has 3 aromatic rings. The van der Waals surface area contributed by atoms with E-state index in [1.165, 1.54) is 18.5 Å². The standard InChI is InChI=1S/C14H13FN6O/c1-20-5-9(13-16-6-17-21(13)2)12-11-8(14(22)19-18-12)3-7(15)4-10(11)20/h3-4,6,9H,5H2,1-2H3,(H,19,22)/t9-/m1/s1. The van der Waals surface area contributed by atoms with Gasteiger partial charge in [0.2, 0.25) is 0 Å². The number of aromatic amines is 1. The van der Waals surface area contributed by atoms with Crippen molar-refractivity contribution in [2.75, 3.05) is 18.5 Å². The third-order valence-electron chi connectivity index (χ3n) is 4.12. The van der Waals surface area contributed by atoms with Crippen molar-refractivity contribution in [1.82, 2.24) is 25.0 Å². The minimum atomic E-state index is -0.436. The van der Waals surface area contributed by atoms with E-state index in [1.54, 1.807) is 4.68 Å². The third-order valence-corrected chi connectivity index (χ3v) is 4.12. The molecule has 0 spiro atoms. The Bertz CT molecular complexity index is 946. The van der Waals surface area contributed by atoms with Crippen LogP contribution in [0.1, 0.15) is 17.4 Å². The van der Waals surface area contributed by atoms with Gasteiger partial charge in [-0.15, -0.1) is 0 Å². The first-order chi connectivity index (χ1) is 10.6. The van der Waals surface area contributed by atoms with Crippen LogP contribution in [0.4, 0.5) is 10.1 Å². The molecule has 4 rings (SSSR count). The molecule has 1 aliphatic rings. The zero-order chi connectivity index (χ0) is 15.4. The van der Waals surface area contributed by atoms with Gasteiger partial charge in [-0.2, -0.15) is 10.2 Å². The quantitative estimate of drug-likeness (QED) is 0.718. The maximum Gasteiger partial charge on any atom is 0.272 e. The number of benzene rings is 1. The Kier molecular flexibility index (Phi) is 2.56. The highest BCUT2D eigenvalue weighted by molar-refractivity contribution is 5.97. The molecular weight excluding hydrogens is 287 g/mol. The molecule has 0 fully saturated rings. The molecule has 0 amide bonds. The smallest absolute Gasteiger partial charge is 0.272 e. The fraction of sp³-hybridized carbons (Fsp3) is 0.286. The van der Waals surface area contributed by atoms with Gasteiger partial charge in [0, 0.05) is 31.7 Å². The van der Waals surface area contributed by atoms with E-state index in [0.717, 1.165) is 5.82 Å². The van der Waals surface area contributed by atoms with E-state index in [2.05, 4.69) is 20.3 Å². The maximum absolute atomic E-state index is 13.8.